The monoisotopic (exact) mass is 363 g/mol. The molecule has 2 aromatic rings. The molecule has 0 spiro atoms. The molecule has 1 amide bonds. The number of aromatic nitrogens is 2. The van der Waals surface area contributed by atoms with Crippen LogP contribution in [-0.4, -0.2) is 20.6 Å². The first kappa shape index (κ1) is 19.9. The van der Waals surface area contributed by atoms with Gasteiger partial charge >= 0.3 is 5.69 Å². The Morgan fingerprint density at radius 2 is 1.85 bits per heavy atom. The van der Waals surface area contributed by atoms with Gasteiger partial charge < -0.3 is 5.32 Å². The van der Waals surface area contributed by atoms with Crippen molar-refractivity contribution in [1.29, 1.82) is 0 Å². The fourth-order valence-electron chi connectivity index (χ4n) is 2.87. The third-order valence-electron chi connectivity index (χ3n) is 3.99. The van der Waals surface area contributed by atoms with Crippen molar-refractivity contribution in [2.45, 2.75) is 65.6 Å². The minimum Gasteiger partial charge on any atom is -0.350 e. The highest BCUT2D eigenvalue weighted by Gasteiger charge is 2.19. The Morgan fingerprint density at radius 1 is 1.15 bits per heavy atom. The molecule has 0 radical (unpaired) electrons. The summed E-state index contributed by atoms with van der Waals surface area (Å²) in [5, 5.41) is 2.83. The number of rotatable bonds is 6. The molecule has 0 fully saturated rings. The van der Waals surface area contributed by atoms with E-state index < -0.39 is 35.1 Å². The summed E-state index contributed by atoms with van der Waals surface area (Å²) in [5.41, 5.74) is -1.29. The van der Waals surface area contributed by atoms with E-state index in [0.29, 0.717) is 12.1 Å². The standard InChI is InChI=1S/C19H26FN3O3/c1-5-6-7-10-22-15-9-8-13(20)11-14(15)17(25)23(18(22)26)12-16(24)21-19(2,3)4/h8-9,11H,5-7,10,12H2,1-4H3,(H,21,24). The van der Waals surface area contributed by atoms with Crippen molar-refractivity contribution >= 4 is 16.8 Å². The van der Waals surface area contributed by atoms with Crippen LogP contribution in [0.4, 0.5) is 4.39 Å². The van der Waals surface area contributed by atoms with Crippen molar-refractivity contribution < 1.29 is 9.18 Å². The van der Waals surface area contributed by atoms with Gasteiger partial charge in [0.15, 0.2) is 0 Å². The molecule has 0 aliphatic rings. The lowest BCUT2D eigenvalue weighted by molar-refractivity contribution is -0.123. The largest absolute Gasteiger partial charge is 0.350 e. The molecular formula is C19H26FN3O3. The molecule has 1 N–H and O–H groups in total. The van der Waals surface area contributed by atoms with Crippen molar-refractivity contribution in [3.8, 4) is 0 Å². The summed E-state index contributed by atoms with van der Waals surface area (Å²) in [7, 11) is 0. The number of nitrogens with zero attached hydrogens (tertiary/aromatic N) is 2. The molecular weight excluding hydrogens is 337 g/mol. The Morgan fingerprint density at radius 3 is 2.46 bits per heavy atom. The zero-order valence-electron chi connectivity index (χ0n) is 15.8. The van der Waals surface area contributed by atoms with Gasteiger partial charge in [-0.05, 0) is 45.4 Å². The fraction of sp³-hybridized carbons (Fsp3) is 0.526. The minimum atomic E-state index is -0.652. The second-order valence-electron chi connectivity index (χ2n) is 7.49. The third kappa shape index (κ3) is 4.59. The molecule has 2 rings (SSSR count). The molecule has 0 aliphatic heterocycles. The quantitative estimate of drug-likeness (QED) is 0.801. The van der Waals surface area contributed by atoms with Crippen LogP contribution >= 0.6 is 0 Å². The zero-order valence-corrected chi connectivity index (χ0v) is 15.8. The molecule has 0 unspecified atom stereocenters. The highest BCUT2D eigenvalue weighted by molar-refractivity contribution is 5.79. The first-order chi connectivity index (χ1) is 12.1. The first-order valence-electron chi connectivity index (χ1n) is 8.88. The number of aryl methyl sites for hydroxylation is 1. The average molecular weight is 363 g/mol. The number of hydrogen-bond acceptors (Lipinski definition) is 3. The molecule has 0 saturated carbocycles. The van der Waals surface area contributed by atoms with Crippen LogP contribution < -0.4 is 16.6 Å². The van der Waals surface area contributed by atoms with E-state index in [2.05, 4.69) is 5.32 Å². The second-order valence-corrected chi connectivity index (χ2v) is 7.49. The van der Waals surface area contributed by atoms with Crippen LogP contribution in [0.5, 0.6) is 0 Å². The number of carbonyl (C=O) groups is 1. The molecule has 1 heterocycles. The van der Waals surface area contributed by atoms with Gasteiger partial charge in [0.2, 0.25) is 5.91 Å². The smallest absolute Gasteiger partial charge is 0.331 e. The summed E-state index contributed by atoms with van der Waals surface area (Å²) in [6.07, 6.45) is 2.67. The zero-order chi connectivity index (χ0) is 19.5. The molecule has 0 bridgehead atoms. The lowest BCUT2D eigenvalue weighted by atomic mass is 10.1. The maximum atomic E-state index is 13.7. The van der Waals surface area contributed by atoms with Gasteiger partial charge in [0.25, 0.3) is 5.56 Å². The van der Waals surface area contributed by atoms with Gasteiger partial charge in [-0.3, -0.25) is 18.7 Å². The summed E-state index contributed by atoms with van der Waals surface area (Å²) < 4.78 is 16.0. The molecule has 0 saturated heterocycles. The molecule has 6 nitrogen and oxygen atoms in total. The topological polar surface area (TPSA) is 73.1 Å². The van der Waals surface area contributed by atoms with Crippen LogP contribution in [0.15, 0.2) is 27.8 Å². The van der Waals surface area contributed by atoms with Crippen molar-refractivity contribution in [3.63, 3.8) is 0 Å². The number of unbranched alkanes of at least 4 members (excludes halogenated alkanes) is 2. The van der Waals surface area contributed by atoms with E-state index in [1.807, 2.05) is 27.7 Å². The molecule has 1 aromatic carbocycles. The van der Waals surface area contributed by atoms with Crippen LogP contribution in [0.25, 0.3) is 10.9 Å². The molecule has 26 heavy (non-hydrogen) atoms. The van der Waals surface area contributed by atoms with Gasteiger partial charge in [-0.2, -0.15) is 0 Å². The highest BCUT2D eigenvalue weighted by atomic mass is 19.1. The van der Waals surface area contributed by atoms with E-state index in [4.69, 9.17) is 0 Å². The van der Waals surface area contributed by atoms with E-state index in [9.17, 15) is 18.8 Å². The van der Waals surface area contributed by atoms with Gasteiger partial charge in [-0.25, -0.2) is 9.18 Å². The lowest BCUT2D eigenvalue weighted by Crippen LogP contribution is -2.47. The normalized spacial score (nSPS) is 11.7. The summed E-state index contributed by atoms with van der Waals surface area (Å²) in [6, 6.07) is 3.79. The Hall–Kier alpha value is -2.44. The minimum absolute atomic E-state index is 0.102. The number of fused-ring (bicyclic) bond motifs is 1. The Bertz CT molecular complexity index is 922. The van der Waals surface area contributed by atoms with Crippen molar-refractivity contribution in [2.24, 2.45) is 0 Å². The predicted molar refractivity (Wildman–Crippen MR) is 99.8 cm³/mol. The summed E-state index contributed by atoms with van der Waals surface area (Å²) >= 11 is 0. The van der Waals surface area contributed by atoms with Gasteiger partial charge in [-0.1, -0.05) is 19.8 Å². The van der Waals surface area contributed by atoms with Crippen LogP contribution in [0.3, 0.4) is 0 Å². The third-order valence-corrected chi connectivity index (χ3v) is 3.99. The molecule has 7 heteroatoms. The Labute approximate surface area is 151 Å². The van der Waals surface area contributed by atoms with E-state index in [1.165, 1.54) is 16.7 Å². The summed E-state index contributed by atoms with van der Waals surface area (Å²) in [5.74, 6) is -0.994. The molecule has 0 aliphatic carbocycles. The van der Waals surface area contributed by atoms with Crippen LogP contribution in [-0.2, 0) is 17.9 Å². The van der Waals surface area contributed by atoms with E-state index in [0.717, 1.165) is 29.9 Å². The highest BCUT2D eigenvalue weighted by Crippen LogP contribution is 2.12. The molecule has 142 valence electrons. The number of nitrogens with one attached hydrogen (secondary N) is 1. The van der Waals surface area contributed by atoms with Crippen molar-refractivity contribution in [1.82, 2.24) is 14.5 Å². The van der Waals surface area contributed by atoms with E-state index >= 15 is 0 Å². The number of hydrogen-bond donors (Lipinski definition) is 1. The van der Waals surface area contributed by atoms with Crippen LogP contribution in [0, 0.1) is 5.82 Å². The lowest BCUT2D eigenvalue weighted by Gasteiger charge is -2.21. The Kier molecular flexibility index (Phi) is 6.00. The van der Waals surface area contributed by atoms with Gasteiger partial charge in [-0.15, -0.1) is 0 Å². The average Bonchev–Trinajstić information content (AvgIpc) is 2.53. The number of halogens is 1. The van der Waals surface area contributed by atoms with Crippen molar-refractivity contribution in [3.05, 3.63) is 44.9 Å². The van der Waals surface area contributed by atoms with Crippen molar-refractivity contribution in [2.75, 3.05) is 0 Å². The number of amides is 1. The maximum absolute atomic E-state index is 13.7. The van der Waals surface area contributed by atoms with Gasteiger partial charge in [0.1, 0.15) is 12.4 Å². The first-order valence-corrected chi connectivity index (χ1v) is 8.88. The summed E-state index contributed by atoms with van der Waals surface area (Å²) in [4.78, 5) is 37.7. The molecule has 0 atom stereocenters. The van der Waals surface area contributed by atoms with Gasteiger partial charge in [0, 0.05) is 12.1 Å². The van der Waals surface area contributed by atoms with E-state index in [1.54, 1.807) is 0 Å². The number of carbonyl (C=O) groups excluding carboxylic acids is 1. The second kappa shape index (κ2) is 7.85. The Balaban J connectivity index is 2.57. The van der Waals surface area contributed by atoms with Gasteiger partial charge in [0.05, 0.1) is 10.9 Å². The predicted octanol–water partition coefficient (Wildman–Crippen LogP) is 2.41. The fourth-order valence-corrected chi connectivity index (χ4v) is 2.87. The van der Waals surface area contributed by atoms with Crippen LogP contribution in [0.1, 0.15) is 47.0 Å². The number of benzene rings is 1. The summed E-state index contributed by atoms with van der Waals surface area (Å²) in [6.45, 7) is 7.50. The van der Waals surface area contributed by atoms with E-state index in [-0.39, 0.29) is 5.39 Å². The maximum Gasteiger partial charge on any atom is 0.331 e. The SMILES string of the molecule is CCCCCn1c(=O)n(CC(=O)NC(C)(C)C)c(=O)c2cc(F)ccc21. The molecule has 1 aromatic heterocycles. The van der Waals surface area contributed by atoms with Crippen LogP contribution in [0.2, 0.25) is 0 Å².